The summed E-state index contributed by atoms with van der Waals surface area (Å²) in [6.45, 7) is 0.426. The number of ether oxygens (including phenoxy) is 1. The fourth-order valence-electron chi connectivity index (χ4n) is 2.01. The smallest absolute Gasteiger partial charge is 0.137 e. The summed E-state index contributed by atoms with van der Waals surface area (Å²) in [7, 11) is 0. The number of nitrogens with one attached hydrogen (secondary N) is 1. The van der Waals surface area contributed by atoms with Gasteiger partial charge in [-0.15, -0.1) is 0 Å². The Balaban J connectivity index is 1.82. The normalized spacial score (nSPS) is 14.2. The number of rotatable bonds is 5. The molecule has 0 amide bonds. The first-order valence-electron chi connectivity index (χ1n) is 6.77. The lowest BCUT2D eigenvalue weighted by molar-refractivity contribution is 0.459. The van der Waals surface area contributed by atoms with Crippen LogP contribution in [-0.2, 0) is 6.54 Å². The molecule has 0 aliphatic heterocycles. The first kappa shape index (κ1) is 14.5. The van der Waals surface area contributed by atoms with Gasteiger partial charge in [-0.1, -0.05) is 6.07 Å². The molecular formula is C16H14BrF2NO. The molecule has 21 heavy (non-hydrogen) atoms. The Morgan fingerprint density at radius 2 is 1.95 bits per heavy atom. The van der Waals surface area contributed by atoms with Crippen molar-refractivity contribution in [3.8, 4) is 11.5 Å². The molecule has 0 bridgehead atoms. The van der Waals surface area contributed by atoms with Crippen LogP contribution < -0.4 is 10.1 Å². The van der Waals surface area contributed by atoms with Crippen LogP contribution in [0.3, 0.4) is 0 Å². The van der Waals surface area contributed by atoms with E-state index in [0.29, 0.717) is 34.1 Å². The van der Waals surface area contributed by atoms with Crippen LogP contribution in [0.2, 0.25) is 0 Å². The molecule has 110 valence electrons. The average molecular weight is 354 g/mol. The molecule has 2 aromatic carbocycles. The maximum absolute atomic E-state index is 14.0. The van der Waals surface area contributed by atoms with Gasteiger partial charge in [0.1, 0.15) is 23.1 Å². The van der Waals surface area contributed by atoms with E-state index >= 15 is 0 Å². The zero-order valence-corrected chi connectivity index (χ0v) is 12.8. The predicted octanol–water partition coefficient (Wildman–Crippen LogP) is 4.77. The van der Waals surface area contributed by atoms with Gasteiger partial charge >= 0.3 is 0 Å². The summed E-state index contributed by atoms with van der Waals surface area (Å²) in [5.41, 5.74) is 0.491. The zero-order valence-electron chi connectivity index (χ0n) is 11.2. The van der Waals surface area contributed by atoms with Gasteiger partial charge in [0.2, 0.25) is 0 Å². The molecule has 1 aliphatic rings. The van der Waals surface area contributed by atoms with Crippen molar-refractivity contribution in [2.24, 2.45) is 0 Å². The van der Waals surface area contributed by atoms with Gasteiger partial charge in [-0.25, -0.2) is 8.78 Å². The third kappa shape index (κ3) is 3.60. The highest BCUT2D eigenvalue weighted by atomic mass is 79.9. The Labute approximate surface area is 130 Å². The first-order chi connectivity index (χ1) is 10.1. The third-order valence-electron chi connectivity index (χ3n) is 3.34. The van der Waals surface area contributed by atoms with Crippen LogP contribution in [0.5, 0.6) is 11.5 Å². The van der Waals surface area contributed by atoms with Gasteiger partial charge in [0.15, 0.2) is 0 Å². The van der Waals surface area contributed by atoms with E-state index in [1.165, 1.54) is 24.3 Å². The summed E-state index contributed by atoms with van der Waals surface area (Å²) in [4.78, 5) is 0. The maximum Gasteiger partial charge on any atom is 0.137 e. The van der Waals surface area contributed by atoms with Crippen LogP contribution in [0, 0.1) is 11.6 Å². The first-order valence-corrected chi connectivity index (χ1v) is 7.56. The molecular weight excluding hydrogens is 340 g/mol. The SMILES string of the molecule is Fc1ccc(Oc2cccc(F)c2CNC2CC2)cc1Br. The standard InChI is InChI=1S/C16H14BrF2NO/c17-13-8-11(6-7-15(13)19)21-16-3-1-2-14(18)12(16)9-20-10-4-5-10/h1-3,6-8,10,20H,4-5,9H2. The minimum Gasteiger partial charge on any atom is -0.457 e. The van der Waals surface area contributed by atoms with E-state index in [0.717, 1.165) is 12.8 Å². The monoisotopic (exact) mass is 353 g/mol. The third-order valence-corrected chi connectivity index (χ3v) is 3.95. The van der Waals surface area contributed by atoms with Gasteiger partial charge in [0, 0.05) is 18.2 Å². The van der Waals surface area contributed by atoms with Crippen molar-refractivity contribution < 1.29 is 13.5 Å². The molecule has 1 saturated carbocycles. The van der Waals surface area contributed by atoms with Crippen molar-refractivity contribution in [1.29, 1.82) is 0 Å². The van der Waals surface area contributed by atoms with Crippen LogP contribution >= 0.6 is 15.9 Å². The topological polar surface area (TPSA) is 21.3 Å². The van der Waals surface area contributed by atoms with Crippen molar-refractivity contribution in [2.45, 2.75) is 25.4 Å². The molecule has 0 aromatic heterocycles. The molecule has 1 N–H and O–H groups in total. The molecule has 3 rings (SSSR count). The summed E-state index contributed by atoms with van der Waals surface area (Å²) in [6.07, 6.45) is 2.27. The Bertz CT molecular complexity index is 659. The number of hydrogen-bond donors (Lipinski definition) is 1. The van der Waals surface area contributed by atoms with Crippen LogP contribution in [0.25, 0.3) is 0 Å². The van der Waals surface area contributed by atoms with E-state index in [4.69, 9.17) is 4.74 Å². The van der Waals surface area contributed by atoms with Crippen LogP contribution in [0.4, 0.5) is 8.78 Å². The van der Waals surface area contributed by atoms with Gasteiger partial charge in [-0.3, -0.25) is 0 Å². The van der Waals surface area contributed by atoms with Gasteiger partial charge in [0.05, 0.1) is 4.47 Å². The van der Waals surface area contributed by atoms with E-state index in [-0.39, 0.29) is 11.6 Å². The molecule has 0 atom stereocenters. The molecule has 0 radical (unpaired) electrons. The fourth-order valence-corrected chi connectivity index (χ4v) is 2.37. The van der Waals surface area contributed by atoms with Crippen molar-refractivity contribution in [3.63, 3.8) is 0 Å². The largest absolute Gasteiger partial charge is 0.457 e. The highest BCUT2D eigenvalue weighted by Crippen LogP contribution is 2.30. The minimum atomic E-state index is -0.364. The van der Waals surface area contributed by atoms with E-state index in [9.17, 15) is 8.78 Å². The summed E-state index contributed by atoms with van der Waals surface area (Å²) < 4.78 is 33.2. The quantitative estimate of drug-likeness (QED) is 0.835. The highest BCUT2D eigenvalue weighted by molar-refractivity contribution is 9.10. The summed E-state index contributed by atoms with van der Waals surface area (Å²) in [6, 6.07) is 9.56. The Morgan fingerprint density at radius 3 is 2.67 bits per heavy atom. The minimum absolute atomic E-state index is 0.304. The Kier molecular flexibility index (Phi) is 4.22. The zero-order chi connectivity index (χ0) is 14.8. The Hall–Kier alpha value is -1.46. The highest BCUT2D eigenvalue weighted by Gasteiger charge is 2.21. The number of benzene rings is 2. The van der Waals surface area contributed by atoms with Crippen LogP contribution in [0.15, 0.2) is 40.9 Å². The lowest BCUT2D eigenvalue weighted by Crippen LogP contribution is -2.16. The second-order valence-corrected chi connectivity index (χ2v) is 5.90. The molecule has 1 aliphatic carbocycles. The predicted molar refractivity (Wildman–Crippen MR) is 80.4 cm³/mol. The van der Waals surface area contributed by atoms with Crippen molar-refractivity contribution in [3.05, 3.63) is 58.1 Å². The van der Waals surface area contributed by atoms with Crippen molar-refractivity contribution in [1.82, 2.24) is 5.32 Å². The van der Waals surface area contributed by atoms with E-state index < -0.39 is 0 Å². The summed E-state index contributed by atoms with van der Waals surface area (Å²) >= 11 is 3.11. The summed E-state index contributed by atoms with van der Waals surface area (Å²) in [5.74, 6) is 0.238. The van der Waals surface area contributed by atoms with Crippen LogP contribution in [0.1, 0.15) is 18.4 Å². The van der Waals surface area contributed by atoms with E-state index in [2.05, 4.69) is 21.2 Å². The van der Waals surface area contributed by atoms with E-state index in [1.807, 2.05) is 0 Å². The number of hydrogen-bond acceptors (Lipinski definition) is 2. The molecule has 0 spiro atoms. The Morgan fingerprint density at radius 1 is 1.14 bits per heavy atom. The van der Waals surface area contributed by atoms with Crippen LogP contribution in [-0.4, -0.2) is 6.04 Å². The molecule has 2 nitrogen and oxygen atoms in total. The summed E-state index contributed by atoms with van der Waals surface area (Å²) in [5, 5.41) is 3.27. The molecule has 0 heterocycles. The second-order valence-electron chi connectivity index (χ2n) is 5.05. The van der Waals surface area contributed by atoms with Gasteiger partial charge in [-0.2, -0.15) is 0 Å². The number of halogens is 3. The second kappa shape index (κ2) is 6.12. The molecule has 2 aromatic rings. The average Bonchev–Trinajstić information content (AvgIpc) is 3.26. The molecule has 5 heteroatoms. The van der Waals surface area contributed by atoms with E-state index in [1.54, 1.807) is 12.1 Å². The molecule has 1 fully saturated rings. The van der Waals surface area contributed by atoms with Gasteiger partial charge < -0.3 is 10.1 Å². The van der Waals surface area contributed by atoms with Crippen molar-refractivity contribution in [2.75, 3.05) is 0 Å². The van der Waals surface area contributed by atoms with Gasteiger partial charge in [0.25, 0.3) is 0 Å². The van der Waals surface area contributed by atoms with Crippen molar-refractivity contribution >= 4 is 15.9 Å². The molecule has 0 saturated heterocycles. The molecule has 0 unspecified atom stereocenters. The fraction of sp³-hybridized carbons (Fsp3) is 0.250. The lowest BCUT2D eigenvalue weighted by atomic mass is 10.2. The van der Waals surface area contributed by atoms with Gasteiger partial charge in [-0.05, 0) is 59.1 Å². The maximum atomic E-state index is 14.0. The lowest BCUT2D eigenvalue weighted by Gasteiger charge is -2.13.